The smallest absolute Gasteiger partial charge is 0.408 e. The van der Waals surface area contributed by atoms with E-state index in [1.807, 2.05) is 60.7 Å². The van der Waals surface area contributed by atoms with Crippen LogP contribution in [0, 0.1) is 0 Å². The van der Waals surface area contributed by atoms with Crippen LogP contribution in [0.5, 0.6) is 0 Å². The molecule has 0 saturated carbocycles. The Bertz CT molecular complexity index is 870. The number of hydrogen-bond donors (Lipinski definition) is 3. The van der Waals surface area contributed by atoms with Crippen molar-refractivity contribution in [3.05, 3.63) is 71.8 Å². The molecule has 0 saturated heterocycles. The van der Waals surface area contributed by atoms with E-state index in [1.54, 1.807) is 27.7 Å². The van der Waals surface area contributed by atoms with Gasteiger partial charge >= 0.3 is 12.1 Å². The number of aliphatic hydroxyl groups excluding tert-OH is 1. The molecule has 8 nitrogen and oxygen atoms in total. The van der Waals surface area contributed by atoms with Gasteiger partial charge in [-0.25, -0.2) is 9.59 Å². The Morgan fingerprint density at radius 2 is 1.50 bits per heavy atom. The first-order valence-corrected chi connectivity index (χ1v) is 11.4. The zero-order valence-corrected chi connectivity index (χ0v) is 20.3. The van der Waals surface area contributed by atoms with Crippen molar-refractivity contribution in [3.63, 3.8) is 0 Å². The van der Waals surface area contributed by atoms with E-state index >= 15 is 0 Å². The summed E-state index contributed by atoms with van der Waals surface area (Å²) in [5, 5.41) is 16.0. The van der Waals surface area contributed by atoms with E-state index < -0.39 is 36.0 Å². The first kappa shape index (κ1) is 27.3. The summed E-state index contributed by atoms with van der Waals surface area (Å²) in [6.07, 6.45) is -1.51. The molecule has 8 heteroatoms. The predicted octanol–water partition coefficient (Wildman–Crippen LogP) is 3.53. The van der Waals surface area contributed by atoms with Gasteiger partial charge in [-0.2, -0.15) is 0 Å². The molecule has 186 valence electrons. The number of alkyl carbamates (subject to hydrolysis) is 1. The van der Waals surface area contributed by atoms with E-state index in [4.69, 9.17) is 14.2 Å². The molecule has 2 rings (SSSR count). The molecule has 0 radical (unpaired) electrons. The fourth-order valence-corrected chi connectivity index (χ4v) is 2.99. The quantitative estimate of drug-likeness (QED) is 0.321. The maximum atomic E-state index is 12.6. The average Bonchev–Trinajstić information content (AvgIpc) is 2.80. The summed E-state index contributed by atoms with van der Waals surface area (Å²) in [5.74, 6) is -0.556. The van der Waals surface area contributed by atoms with Crippen LogP contribution in [0.3, 0.4) is 0 Å². The lowest BCUT2D eigenvalue weighted by Gasteiger charge is -2.25. The molecule has 2 aromatic carbocycles. The van der Waals surface area contributed by atoms with Gasteiger partial charge in [0.2, 0.25) is 0 Å². The van der Waals surface area contributed by atoms with Gasteiger partial charge in [-0.05, 0) is 51.8 Å². The topological polar surface area (TPSA) is 106 Å². The lowest BCUT2D eigenvalue weighted by Crippen LogP contribution is -2.47. The second kappa shape index (κ2) is 13.7. The van der Waals surface area contributed by atoms with Gasteiger partial charge in [-0.3, -0.25) is 0 Å². The monoisotopic (exact) mass is 472 g/mol. The minimum Gasteiger partial charge on any atom is -0.458 e. The van der Waals surface area contributed by atoms with E-state index in [2.05, 4.69) is 10.6 Å². The Morgan fingerprint density at radius 1 is 0.941 bits per heavy atom. The van der Waals surface area contributed by atoms with Gasteiger partial charge < -0.3 is 30.0 Å². The second-order valence-electron chi connectivity index (χ2n) is 9.01. The normalized spacial score (nSPS) is 14.0. The summed E-state index contributed by atoms with van der Waals surface area (Å²) >= 11 is 0. The van der Waals surface area contributed by atoms with Crippen molar-refractivity contribution in [1.29, 1.82) is 0 Å². The van der Waals surface area contributed by atoms with Gasteiger partial charge in [0, 0.05) is 0 Å². The first-order valence-electron chi connectivity index (χ1n) is 11.4. The number of ether oxygens (including phenoxy) is 3. The van der Waals surface area contributed by atoms with Crippen molar-refractivity contribution in [2.45, 2.75) is 71.3 Å². The van der Waals surface area contributed by atoms with E-state index in [0.29, 0.717) is 6.54 Å². The van der Waals surface area contributed by atoms with Crippen molar-refractivity contribution < 1.29 is 28.9 Å². The van der Waals surface area contributed by atoms with Crippen LogP contribution in [0.15, 0.2) is 60.7 Å². The van der Waals surface area contributed by atoms with Crippen LogP contribution in [-0.2, 0) is 32.2 Å². The molecule has 0 heterocycles. The minimum absolute atomic E-state index is 0.0912. The van der Waals surface area contributed by atoms with Gasteiger partial charge in [0.25, 0.3) is 0 Å². The summed E-state index contributed by atoms with van der Waals surface area (Å²) in [5.41, 5.74) is 1.09. The van der Waals surface area contributed by atoms with Crippen molar-refractivity contribution in [2.75, 3.05) is 6.54 Å². The fraction of sp³-hybridized carbons (Fsp3) is 0.462. The van der Waals surface area contributed by atoms with Crippen molar-refractivity contribution >= 4 is 12.1 Å². The Morgan fingerprint density at radius 3 is 2.06 bits per heavy atom. The zero-order chi connectivity index (χ0) is 25.0. The summed E-state index contributed by atoms with van der Waals surface area (Å²) in [6, 6.07) is 17.5. The van der Waals surface area contributed by atoms with Crippen LogP contribution in [0.2, 0.25) is 0 Å². The van der Waals surface area contributed by atoms with E-state index in [0.717, 1.165) is 11.1 Å². The third-order valence-electron chi connectivity index (χ3n) is 4.79. The fourth-order valence-electron chi connectivity index (χ4n) is 2.99. The summed E-state index contributed by atoms with van der Waals surface area (Å²) in [4.78, 5) is 24.9. The molecule has 2 aromatic rings. The molecule has 0 fully saturated rings. The lowest BCUT2D eigenvalue weighted by atomic mass is 10.1. The number of carbonyl (C=O) groups excluding carboxylic acids is 2. The van der Waals surface area contributed by atoms with E-state index in [9.17, 15) is 14.7 Å². The summed E-state index contributed by atoms with van der Waals surface area (Å²) in [7, 11) is 0. The number of esters is 1. The van der Waals surface area contributed by atoms with Crippen LogP contribution >= 0.6 is 0 Å². The molecule has 1 amide bonds. The van der Waals surface area contributed by atoms with Crippen LogP contribution in [0.25, 0.3) is 0 Å². The Balaban J connectivity index is 1.83. The number of hydrogen-bond acceptors (Lipinski definition) is 7. The highest BCUT2D eigenvalue weighted by Crippen LogP contribution is 2.11. The molecule has 3 atom stereocenters. The van der Waals surface area contributed by atoms with Crippen LogP contribution in [-0.4, -0.2) is 47.7 Å². The molecule has 0 aliphatic carbocycles. The Labute approximate surface area is 201 Å². The largest absolute Gasteiger partial charge is 0.458 e. The molecule has 3 N–H and O–H groups in total. The molecular formula is C26H36N2O6. The highest BCUT2D eigenvalue weighted by atomic mass is 16.6. The van der Waals surface area contributed by atoms with Gasteiger partial charge in [0.15, 0.2) is 6.29 Å². The number of amides is 1. The Hall–Kier alpha value is -2.94. The molecule has 0 aliphatic rings. The number of rotatable bonds is 12. The van der Waals surface area contributed by atoms with Crippen molar-refractivity contribution in [2.24, 2.45) is 0 Å². The number of nitrogens with one attached hydrogen (secondary N) is 2. The molecule has 0 aromatic heterocycles. The maximum Gasteiger partial charge on any atom is 0.408 e. The second-order valence-corrected chi connectivity index (χ2v) is 9.01. The van der Waals surface area contributed by atoms with Gasteiger partial charge in [-0.15, -0.1) is 0 Å². The molecule has 34 heavy (non-hydrogen) atoms. The Kier molecular flexibility index (Phi) is 11.0. The van der Waals surface area contributed by atoms with E-state index in [1.165, 1.54) is 0 Å². The number of benzene rings is 2. The van der Waals surface area contributed by atoms with Crippen LogP contribution < -0.4 is 10.6 Å². The molecule has 0 spiro atoms. The maximum absolute atomic E-state index is 12.6. The van der Waals surface area contributed by atoms with Crippen molar-refractivity contribution in [3.8, 4) is 0 Å². The first-order chi connectivity index (χ1) is 16.1. The molecule has 0 bridgehead atoms. The van der Waals surface area contributed by atoms with Gasteiger partial charge in [0.05, 0.1) is 12.6 Å². The highest BCUT2D eigenvalue weighted by molar-refractivity contribution is 5.81. The lowest BCUT2D eigenvalue weighted by molar-refractivity contribution is -0.157. The summed E-state index contributed by atoms with van der Waals surface area (Å²) in [6.45, 7) is 7.76. The van der Waals surface area contributed by atoms with Gasteiger partial charge in [0.1, 0.15) is 18.2 Å². The molecule has 2 unspecified atom stereocenters. The van der Waals surface area contributed by atoms with Crippen molar-refractivity contribution in [1.82, 2.24) is 10.6 Å². The van der Waals surface area contributed by atoms with E-state index in [-0.39, 0.29) is 19.6 Å². The third-order valence-corrected chi connectivity index (χ3v) is 4.79. The standard InChI is InChI=1S/C26H36N2O6/c1-19(23(29)32-17-20-11-7-5-8-12-20)27-16-15-22(24(30)34-26(2,3)4)28-25(31)33-18-21-13-9-6-10-14-21/h5-14,19,22-23,27,29H,15-18H2,1-4H3,(H,28,31)/t19-,22?,23?/m0/s1. The van der Waals surface area contributed by atoms with Crippen LogP contribution in [0.4, 0.5) is 4.79 Å². The highest BCUT2D eigenvalue weighted by Gasteiger charge is 2.27. The average molecular weight is 473 g/mol. The SMILES string of the molecule is C[C@H](NCCC(NC(=O)OCc1ccccc1)C(=O)OC(C)(C)C)C(O)OCc1ccccc1. The number of carbonyl (C=O) groups is 2. The summed E-state index contributed by atoms with van der Waals surface area (Å²) < 4.78 is 16.2. The van der Waals surface area contributed by atoms with Crippen LogP contribution in [0.1, 0.15) is 45.2 Å². The minimum atomic E-state index is -1.04. The zero-order valence-electron chi connectivity index (χ0n) is 20.3. The molecule has 0 aliphatic heterocycles. The van der Waals surface area contributed by atoms with Gasteiger partial charge in [-0.1, -0.05) is 60.7 Å². The number of aliphatic hydroxyl groups is 1. The predicted molar refractivity (Wildman–Crippen MR) is 129 cm³/mol. The molecular weight excluding hydrogens is 436 g/mol. The third kappa shape index (κ3) is 10.8.